The molecule has 6 nitrogen and oxygen atoms in total. The molecule has 1 fully saturated rings. The average molecular weight is 546 g/mol. The Labute approximate surface area is 227 Å². The molecule has 0 radical (unpaired) electrons. The molecule has 36 heavy (non-hydrogen) atoms. The van der Waals surface area contributed by atoms with Crippen LogP contribution in [0.4, 0.5) is 5.82 Å². The molecule has 0 amide bonds. The molecule has 5 rings (SSSR count). The number of imidazole rings is 1. The second kappa shape index (κ2) is 12.2. The first-order valence-electron chi connectivity index (χ1n) is 12.4. The summed E-state index contributed by atoms with van der Waals surface area (Å²) in [4.78, 5) is 14.0. The summed E-state index contributed by atoms with van der Waals surface area (Å²) in [6.07, 6.45) is 8.29. The van der Waals surface area contributed by atoms with Gasteiger partial charge in [0.25, 0.3) is 0 Å². The van der Waals surface area contributed by atoms with Crippen molar-refractivity contribution in [3.8, 4) is 17.1 Å². The van der Waals surface area contributed by atoms with Crippen molar-refractivity contribution in [2.75, 3.05) is 5.32 Å². The molecule has 9 heteroatoms. The summed E-state index contributed by atoms with van der Waals surface area (Å²) in [6.45, 7) is 4.36. The number of hydrogen-bond donors (Lipinski definition) is 2. The van der Waals surface area contributed by atoms with E-state index in [4.69, 9.17) is 45.5 Å². The number of hydrogen-bond acceptors (Lipinski definition) is 5. The number of fused-ring (bicyclic) bond motifs is 1. The zero-order valence-corrected chi connectivity index (χ0v) is 22.8. The van der Waals surface area contributed by atoms with Crippen LogP contribution in [-0.2, 0) is 0 Å². The van der Waals surface area contributed by atoms with Crippen LogP contribution in [0.15, 0.2) is 48.8 Å². The molecule has 0 aliphatic heterocycles. The molecule has 4 aromatic rings. The molecule has 3 N–H and O–H groups in total. The highest BCUT2D eigenvalue weighted by atomic mass is 35.5. The maximum Gasteiger partial charge on any atom is 0.170 e. The van der Waals surface area contributed by atoms with Crippen LogP contribution >= 0.6 is 34.8 Å². The third-order valence-corrected chi connectivity index (χ3v) is 7.06. The smallest absolute Gasteiger partial charge is 0.170 e. The lowest BCUT2D eigenvalue weighted by atomic mass is 9.92. The van der Waals surface area contributed by atoms with Crippen molar-refractivity contribution in [2.45, 2.75) is 64.5 Å². The van der Waals surface area contributed by atoms with Crippen molar-refractivity contribution < 1.29 is 0 Å². The topological polar surface area (TPSA) is 81.7 Å². The third-order valence-electron chi connectivity index (χ3n) is 6.26. The first-order valence-corrected chi connectivity index (χ1v) is 13.5. The Morgan fingerprint density at radius 2 is 1.69 bits per heavy atom. The number of nitrogens with zero attached hydrogens (tertiary/aromatic N) is 4. The van der Waals surface area contributed by atoms with Crippen LogP contribution in [0.3, 0.4) is 0 Å². The maximum absolute atomic E-state index is 6.56. The van der Waals surface area contributed by atoms with Gasteiger partial charge < -0.3 is 11.1 Å². The van der Waals surface area contributed by atoms with E-state index in [1.165, 1.54) is 12.8 Å². The lowest BCUT2D eigenvalue weighted by Crippen LogP contribution is -2.35. The Bertz CT molecular complexity index is 1300. The maximum atomic E-state index is 6.56. The Morgan fingerprint density at radius 3 is 2.36 bits per heavy atom. The van der Waals surface area contributed by atoms with E-state index in [1.54, 1.807) is 18.5 Å². The fourth-order valence-corrected chi connectivity index (χ4v) is 4.86. The van der Waals surface area contributed by atoms with Crippen molar-refractivity contribution in [3.63, 3.8) is 0 Å². The second-order valence-corrected chi connectivity index (χ2v) is 10.3. The van der Waals surface area contributed by atoms with Crippen molar-refractivity contribution >= 4 is 51.8 Å². The van der Waals surface area contributed by atoms with Gasteiger partial charge in [-0.2, -0.15) is 0 Å². The van der Waals surface area contributed by atoms with Crippen LogP contribution in [0.5, 0.6) is 0 Å². The molecule has 2 unspecified atom stereocenters. The number of rotatable bonds is 5. The summed E-state index contributed by atoms with van der Waals surface area (Å²) in [7, 11) is 0. The van der Waals surface area contributed by atoms with Crippen LogP contribution in [-0.4, -0.2) is 31.6 Å². The van der Waals surface area contributed by atoms with E-state index in [0.29, 0.717) is 37.9 Å². The monoisotopic (exact) mass is 544 g/mol. The molecular weight excluding hydrogens is 515 g/mol. The highest BCUT2D eigenvalue weighted by molar-refractivity contribution is 6.36. The summed E-state index contributed by atoms with van der Waals surface area (Å²) in [5.41, 5.74) is 9.13. The minimum Gasteiger partial charge on any atom is -0.365 e. The standard InChI is InChI=1S/C23H21Cl3N6.C4H10/c24-13-4-7-17(8-5-13)32-22(18-9-6-14(25)10-19(18)26)31-20-21(28-12-29-23(20)32)30-16-3-1-2-15(27)11-16;1-3-4-2/h4-10,12,15-16H,1-3,11,27H2,(H,28,29,30);3-4H2,1-2H3. The highest BCUT2D eigenvalue weighted by Gasteiger charge is 2.24. The summed E-state index contributed by atoms with van der Waals surface area (Å²) in [5, 5.41) is 5.26. The highest BCUT2D eigenvalue weighted by Crippen LogP contribution is 2.35. The number of halogens is 3. The van der Waals surface area contributed by atoms with Crippen LogP contribution in [0.1, 0.15) is 52.4 Å². The van der Waals surface area contributed by atoms with Crippen molar-refractivity contribution in [1.82, 2.24) is 19.5 Å². The summed E-state index contributed by atoms with van der Waals surface area (Å²) in [6, 6.07) is 13.3. The van der Waals surface area contributed by atoms with Gasteiger partial charge in [-0.1, -0.05) is 61.5 Å². The van der Waals surface area contributed by atoms with Crippen molar-refractivity contribution in [2.24, 2.45) is 5.73 Å². The molecule has 0 bridgehead atoms. The normalized spacial score (nSPS) is 17.5. The molecule has 1 aliphatic rings. The van der Waals surface area contributed by atoms with E-state index in [0.717, 1.165) is 36.9 Å². The largest absolute Gasteiger partial charge is 0.365 e. The molecule has 1 aliphatic carbocycles. The van der Waals surface area contributed by atoms with E-state index >= 15 is 0 Å². The Hall–Kier alpha value is -2.38. The second-order valence-electron chi connectivity index (χ2n) is 9.03. The molecule has 2 aromatic heterocycles. The fourth-order valence-electron chi connectivity index (χ4n) is 4.24. The predicted octanol–water partition coefficient (Wildman–Crippen LogP) is 7.93. The van der Waals surface area contributed by atoms with Gasteiger partial charge in [0.1, 0.15) is 12.2 Å². The van der Waals surface area contributed by atoms with Crippen molar-refractivity contribution in [1.29, 1.82) is 0 Å². The first kappa shape index (κ1) is 26.7. The molecular formula is C27H31Cl3N6. The summed E-state index contributed by atoms with van der Waals surface area (Å²) in [5.74, 6) is 1.33. The van der Waals surface area contributed by atoms with Gasteiger partial charge in [-0.25, -0.2) is 15.0 Å². The molecule has 0 saturated heterocycles. The Kier molecular flexibility index (Phi) is 9.07. The molecule has 0 spiro atoms. The zero-order chi connectivity index (χ0) is 25.7. The van der Waals surface area contributed by atoms with E-state index in [2.05, 4.69) is 29.1 Å². The van der Waals surface area contributed by atoms with E-state index < -0.39 is 0 Å². The number of benzene rings is 2. The lowest BCUT2D eigenvalue weighted by molar-refractivity contribution is 0.409. The van der Waals surface area contributed by atoms with Gasteiger partial charge in [0.15, 0.2) is 17.0 Å². The quantitative estimate of drug-likeness (QED) is 0.266. The number of unbranched alkanes of at least 4 members (excludes halogenated alkanes) is 1. The first-order chi connectivity index (χ1) is 17.4. The van der Waals surface area contributed by atoms with E-state index in [9.17, 15) is 0 Å². The van der Waals surface area contributed by atoms with E-state index in [1.807, 2.05) is 34.9 Å². The number of anilines is 1. The van der Waals surface area contributed by atoms with Gasteiger partial charge in [-0.05, 0) is 68.1 Å². The molecule has 2 atom stereocenters. The lowest BCUT2D eigenvalue weighted by Gasteiger charge is -2.27. The van der Waals surface area contributed by atoms with Gasteiger partial charge in [-0.3, -0.25) is 4.57 Å². The van der Waals surface area contributed by atoms with Gasteiger partial charge >= 0.3 is 0 Å². The zero-order valence-electron chi connectivity index (χ0n) is 20.5. The number of aromatic nitrogens is 4. The molecule has 190 valence electrons. The summed E-state index contributed by atoms with van der Waals surface area (Å²) >= 11 is 18.8. The predicted molar refractivity (Wildman–Crippen MR) is 152 cm³/mol. The van der Waals surface area contributed by atoms with Crippen LogP contribution < -0.4 is 11.1 Å². The third kappa shape index (κ3) is 6.12. The van der Waals surface area contributed by atoms with Crippen molar-refractivity contribution in [3.05, 3.63) is 63.9 Å². The molecule has 1 saturated carbocycles. The Balaban J connectivity index is 0.000000709. The minimum absolute atomic E-state index is 0.202. The van der Waals surface area contributed by atoms with Gasteiger partial charge in [-0.15, -0.1) is 0 Å². The molecule has 2 heterocycles. The number of nitrogens with two attached hydrogens (primary N) is 1. The minimum atomic E-state index is 0.202. The fraction of sp³-hybridized carbons (Fsp3) is 0.370. The van der Waals surface area contributed by atoms with Crippen LogP contribution in [0.2, 0.25) is 15.1 Å². The van der Waals surface area contributed by atoms with Crippen LogP contribution in [0, 0.1) is 0 Å². The number of nitrogens with one attached hydrogen (secondary N) is 1. The van der Waals surface area contributed by atoms with Gasteiger partial charge in [0.2, 0.25) is 0 Å². The average Bonchev–Trinajstić information content (AvgIpc) is 3.25. The SMILES string of the molecule is CCCC.NC1CCCC(Nc2ncnc3c2nc(-c2ccc(Cl)cc2Cl)n3-c2ccc(Cl)cc2)C1. The van der Waals surface area contributed by atoms with Gasteiger partial charge in [0.05, 0.1) is 5.02 Å². The molecule has 2 aromatic carbocycles. The Morgan fingerprint density at radius 1 is 0.972 bits per heavy atom. The van der Waals surface area contributed by atoms with E-state index in [-0.39, 0.29) is 12.1 Å². The van der Waals surface area contributed by atoms with Gasteiger partial charge in [0, 0.05) is 33.4 Å². The summed E-state index contributed by atoms with van der Waals surface area (Å²) < 4.78 is 1.96. The van der Waals surface area contributed by atoms with Crippen LogP contribution in [0.25, 0.3) is 28.2 Å².